The van der Waals surface area contributed by atoms with Gasteiger partial charge in [0.15, 0.2) is 0 Å². The van der Waals surface area contributed by atoms with Gasteiger partial charge in [0, 0.05) is 24.1 Å². The van der Waals surface area contributed by atoms with Gasteiger partial charge in [0.1, 0.15) is 11.9 Å². The van der Waals surface area contributed by atoms with E-state index >= 15 is 0 Å². The Balaban J connectivity index is 1.57. The number of nitrogens with zero attached hydrogens (tertiary/aromatic N) is 1. The molecule has 0 amide bonds. The third-order valence-electron chi connectivity index (χ3n) is 4.73. The summed E-state index contributed by atoms with van der Waals surface area (Å²) in [4.78, 5) is 22.7. The normalized spacial score (nSPS) is 15.8. The maximum atomic E-state index is 12.4. The maximum absolute atomic E-state index is 12.4. The van der Waals surface area contributed by atoms with Crippen LogP contribution < -0.4 is 4.74 Å². The van der Waals surface area contributed by atoms with Crippen molar-refractivity contribution >= 4 is 24.0 Å². The summed E-state index contributed by atoms with van der Waals surface area (Å²) in [6, 6.07) is 21.0. The first-order chi connectivity index (χ1) is 14.1. The van der Waals surface area contributed by atoms with Gasteiger partial charge in [0.2, 0.25) is 0 Å². The minimum Gasteiger partial charge on any atom is -0.425 e. The molecule has 29 heavy (non-hydrogen) atoms. The summed E-state index contributed by atoms with van der Waals surface area (Å²) < 4.78 is 10.9. The smallest absolute Gasteiger partial charge is 0.425 e. The highest BCUT2D eigenvalue weighted by molar-refractivity contribution is 5.74. The highest BCUT2D eigenvalue weighted by Crippen LogP contribution is 2.31. The molecule has 6 heteroatoms. The van der Waals surface area contributed by atoms with Gasteiger partial charge in [-0.1, -0.05) is 60.7 Å². The molecule has 0 N–H and O–H groups in total. The van der Waals surface area contributed by atoms with E-state index < -0.39 is 17.2 Å². The number of fused-ring (bicyclic) bond motifs is 2. The van der Waals surface area contributed by atoms with E-state index in [1.807, 2.05) is 54.6 Å². The number of carbonyl (C=O) groups excluding carboxylic acids is 1. The van der Waals surface area contributed by atoms with Crippen molar-refractivity contribution < 1.29 is 19.2 Å². The molecule has 0 spiro atoms. The Bertz CT molecular complexity index is 1090. The van der Waals surface area contributed by atoms with Crippen LogP contribution in [0.5, 0.6) is 5.75 Å². The van der Waals surface area contributed by atoms with Gasteiger partial charge < -0.3 is 9.47 Å². The van der Waals surface area contributed by atoms with E-state index in [1.54, 1.807) is 0 Å². The van der Waals surface area contributed by atoms with Crippen LogP contribution in [0.2, 0.25) is 0 Å². The lowest BCUT2D eigenvalue weighted by Crippen LogP contribution is -2.18. The summed E-state index contributed by atoms with van der Waals surface area (Å²) in [7, 11) is 0. The van der Waals surface area contributed by atoms with E-state index in [0.29, 0.717) is 6.42 Å². The van der Waals surface area contributed by atoms with Gasteiger partial charge in [-0.05, 0) is 28.8 Å². The first-order valence-electron chi connectivity index (χ1n) is 9.08. The number of rotatable bonds is 3. The van der Waals surface area contributed by atoms with E-state index in [0.717, 1.165) is 22.3 Å². The highest BCUT2D eigenvalue weighted by Gasteiger charge is 2.23. The molecule has 4 rings (SSSR count). The standard InChI is InChI=1S/C23H17NO5/c25-23(28-20-13-11-19(12-14-20)24(26)27)29-22-15-18-7-2-1-5-16(18)9-10-17-6-3-4-8-21(17)22/h1-14,22H,15H2/b10-9-. The fourth-order valence-electron chi connectivity index (χ4n) is 3.31. The van der Waals surface area contributed by atoms with E-state index in [-0.39, 0.29) is 11.4 Å². The molecular weight excluding hydrogens is 370 g/mol. The van der Waals surface area contributed by atoms with Crippen molar-refractivity contribution in [3.63, 3.8) is 0 Å². The average molecular weight is 387 g/mol. The topological polar surface area (TPSA) is 78.7 Å². The lowest BCUT2D eigenvalue weighted by Gasteiger charge is -2.22. The summed E-state index contributed by atoms with van der Waals surface area (Å²) in [5.74, 6) is 0.181. The summed E-state index contributed by atoms with van der Waals surface area (Å²) in [5, 5.41) is 10.7. The Kier molecular flexibility index (Phi) is 5.07. The predicted octanol–water partition coefficient (Wildman–Crippen LogP) is 5.58. The van der Waals surface area contributed by atoms with Crippen molar-refractivity contribution in [1.29, 1.82) is 0 Å². The van der Waals surface area contributed by atoms with Gasteiger partial charge in [-0.2, -0.15) is 0 Å². The Morgan fingerprint density at radius 3 is 2.31 bits per heavy atom. The minimum atomic E-state index is -0.860. The first kappa shape index (κ1) is 18.4. The second kappa shape index (κ2) is 7.98. The number of carbonyl (C=O) groups is 1. The molecule has 0 bridgehead atoms. The number of benzene rings is 3. The SMILES string of the molecule is O=C(Oc1ccc([N+](=O)[O-])cc1)OC1Cc2ccccc2/C=C\c2ccccc21. The van der Waals surface area contributed by atoms with Gasteiger partial charge in [-0.15, -0.1) is 0 Å². The molecule has 6 nitrogen and oxygen atoms in total. The summed E-state index contributed by atoms with van der Waals surface area (Å²) in [5.41, 5.74) is 3.91. The van der Waals surface area contributed by atoms with Gasteiger partial charge in [0.05, 0.1) is 4.92 Å². The van der Waals surface area contributed by atoms with Gasteiger partial charge in [-0.25, -0.2) is 4.79 Å². The number of non-ortho nitro benzene ring substituents is 1. The molecule has 144 valence electrons. The van der Waals surface area contributed by atoms with Crippen LogP contribution in [0.1, 0.15) is 28.4 Å². The first-order valence-corrected chi connectivity index (χ1v) is 9.08. The Morgan fingerprint density at radius 2 is 1.55 bits per heavy atom. The zero-order valence-corrected chi connectivity index (χ0v) is 15.4. The maximum Gasteiger partial charge on any atom is 0.514 e. The van der Waals surface area contributed by atoms with Crippen LogP contribution in [0, 0.1) is 10.1 Å². The Morgan fingerprint density at radius 1 is 0.897 bits per heavy atom. The molecular formula is C23H17NO5. The lowest BCUT2D eigenvalue weighted by atomic mass is 9.91. The molecule has 1 aliphatic carbocycles. The van der Waals surface area contributed by atoms with E-state index in [1.165, 1.54) is 24.3 Å². The van der Waals surface area contributed by atoms with Crippen molar-refractivity contribution in [2.75, 3.05) is 0 Å². The molecule has 0 aliphatic heterocycles. The molecule has 3 aromatic rings. The molecule has 1 unspecified atom stereocenters. The number of nitro groups is 1. The zero-order chi connectivity index (χ0) is 20.2. The molecule has 0 aromatic heterocycles. The molecule has 0 saturated heterocycles. The number of hydrogen-bond acceptors (Lipinski definition) is 5. The van der Waals surface area contributed by atoms with E-state index in [2.05, 4.69) is 6.08 Å². The van der Waals surface area contributed by atoms with Crippen molar-refractivity contribution in [1.82, 2.24) is 0 Å². The van der Waals surface area contributed by atoms with E-state index in [4.69, 9.17) is 9.47 Å². The largest absolute Gasteiger partial charge is 0.514 e. The number of nitro benzene ring substituents is 1. The third kappa shape index (κ3) is 4.16. The van der Waals surface area contributed by atoms with E-state index in [9.17, 15) is 14.9 Å². The van der Waals surface area contributed by atoms with Crippen LogP contribution in [-0.4, -0.2) is 11.1 Å². The van der Waals surface area contributed by atoms with Crippen molar-refractivity contribution in [3.8, 4) is 5.75 Å². The molecule has 0 radical (unpaired) electrons. The lowest BCUT2D eigenvalue weighted by molar-refractivity contribution is -0.384. The zero-order valence-electron chi connectivity index (χ0n) is 15.4. The second-order valence-corrected chi connectivity index (χ2v) is 6.57. The van der Waals surface area contributed by atoms with Crippen LogP contribution in [0.4, 0.5) is 10.5 Å². The summed E-state index contributed by atoms with van der Waals surface area (Å²) in [6.07, 6.45) is 3.18. The van der Waals surface area contributed by atoms with Crippen molar-refractivity contribution in [2.24, 2.45) is 0 Å². The highest BCUT2D eigenvalue weighted by atomic mass is 16.7. The van der Waals surface area contributed by atoms with Crippen LogP contribution >= 0.6 is 0 Å². The second-order valence-electron chi connectivity index (χ2n) is 6.57. The van der Waals surface area contributed by atoms with Crippen LogP contribution in [0.3, 0.4) is 0 Å². The monoisotopic (exact) mass is 387 g/mol. The fourth-order valence-corrected chi connectivity index (χ4v) is 3.31. The van der Waals surface area contributed by atoms with Crippen LogP contribution in [-0.2, 0) is 11.2 Å². The summed E-state index contributed by atoms with van der Waals surface area (Å²) in [6.45, 7) is 0. The van der Waals surface area contributed by atoms with Gasteiger partial charge in [-0.3, -0.25) is 10.1 Å². The average Bonchev–Trinajstić information content (AvgIpc) is 2.72. The Labute approximate surface area is 167 Å². The van der Waals surface area contributed by atoms with Crippen molar-refractivity contribution in [3.05, 3.63) is 105 Å². The fraction of sp³-hybridized carbons (Fsp3) is 0.0870. The van der Waals surface area contributed by atoms with Crippen molar-refractivity contribution in [2.45, 2.75) is 12.5 Å². The minimum absolute atomic E-state index is 0.0805. The number of ether oxygens (including phenoxy) is 2. The molecule has 0 fully saturated rings. The molecule has 1 aliphatic rings. The van der Waals surface area contributed by atoms with Crippen LogP contribution in [0.25, 0.3) is 12.2 Å². The molecule has 1 atom stereocenters. The molecule has 3 aromatic carbocycles. The Hall–Kier alpha value is -3.93. The summed E-state index contributed by atoms with van der Waals surface area (Å²) >= 11 is 0. The third-order valence-corrected chi connectivity index (χ3v) is 4.73. The predicted molar refractivity (Wildman–Crippen MR) is 108 cm³/mol. The quantitative estimate of drug-likeness (QED) is 0.254. The van der Waals surface area contributed by atoms with Gasteiger partial charge >= 0.3 is 6.16 Å². The van der Waals surface area contributed by atoms with Gasteiger partial charge in [0.25, 0.3) is 5.69 Å². The molecule has 0 saturated carbocycles. The molecule has 0 heterocycles. The number of hydrogen-bond donors (Lipinski definition) is 0. The van der Waals surface area contributed by atoms with Crippen LogP contribution in [0.15, 0.2) is 72.8 Å².